The van der Waals surface area contributed by atoms with Crippen molar-refractivity contribution in [3.63, 3.8) is 0 Å². The molecule has 1 atom stereocenters. The van der Waals surface area contributed by atoms with Crippen LogP contribution in [0.1, 0.15) is 22.8 Å². The van der Waals surface area contributed by atoms with E-state index in [-0.39, 0.29) is 5.56 Å². The Labute approximate surface area is 196 Å². The number of methoxy groups -OCH3 is 1. The van der Waals surface area contributed by atoms with Gasteiger partial charge in [-0.15, -0.1) is 5.11 Å². The number of hydrogen-bond acceptors (Lipinski definition) is 3. The summed E-state index contributed by atoms with van der Waals surface area (Å²) in [5.41, 5.74) is 2.29. The van der Waals surface area contributed by atoms with Crippen LogP contribution in [0.2, 0.25) is 10.1 Å². The molecule has 0 aliphatic heterocycles. The van der Waals surface area contributed by atoms with Crippen molar-refractivity contribution in [2.75, 3.05) is 7.11 Å². The summed E-state index contributed by atoms with van der Waals surface area (Å²) < 4.78 is 6.51. The highest BCUT2D eigenvalue weighted by atomic mass is 35.5. The van der Waals surface area contributed by atoms with Crippen molar-refractivity contribution in [1.29, 1.82) is 0 Å². The van der Waals surface area contributed by atoms with Crippen LogP contribution >= 0.6 is 11.6 Å². The minimum absolute atomic E-state index is 0.279. The third-order valence-electron chi connectivity index (χ3n) is 5.90. The third kappa shape index (κ3) is 3.55. The van der Waals surface area contributed by atoms with Gasteiger partial charge in [0.05, 0.1) is 58.5 Å². The van der Waals surface area contributed by atoms with Crippen LogP contribution in [-0.4, -0.2) is 46.4 Å². The molecule has 1 aromatic heterocycles. The lowest BCUT2D eigenvalue weighted by Gasteiger charge is -2.45. The maximum Gasteiger partial charge on any atom is 0.340 e. The molecule has 0 saturated heterocycles. The van der Waals surface area contributed by atoms with Gasteiger partial charge in [0.2, 0.25) is 0 Å². The average Bonchev–Trinajstić information content (AvgIpc) is 3.25. The molecule has 0 fully saturated rings. The first kappa shape index (κ1) is 22.3. The van der Waals surface area contributed by atoms with Crippen LogP contribution in [0.15, 0.2) is 72.9 Å². The molecule has 6 radical (unpaired) electrons. The number of halogens is 1. The normalized spacial score (nSPS) is 13.6. The lowest BCUT2D eigenvalue weighted by molar-refractivity contribution is 0.0602. The van der Waals surface area contributed by atoms with Crippen LogP contribution in [0.5, 0.6) is 0 Å². The van der Waals surface area contributed by atoms with E-state index in [1.807, 2.05) is 54.6 Å². The van der Waals surface area contributed by atoms with E-state index in [0.29, 0.717) is 21.5 Å². The second-order valence-corrected chi connectivity index (χ2v) is 8.26. The topological polar surface area (TPSA) is 44.1 Å². The monoisotopic (exact) mass is 434 g/mol. The third-order valence-corrected chi connectivity index (χ3v) is 6.23. The Hall–Kier alpha value is -2.92. The number of fused-ring (bicyclic) bond motifs is 1. The molecule has 4 nitrogen and oxygen atoms in total. The van der Waals surface area contributed by atoms with E-state index in [1.165, 1.54) is 7.11 Å². The molecule has 0 aliphatic rings. The molecule has 0 aliphatic carbocycles. The Morgan fingerprint density at radius 2 is 1.59 bits per heavy atom. The first-order valence-electron chi connectivity index (χ1n) is 9.96. The molecule has 4 aromatic rings. The van der Waals surface area contributed by atoms with Gasteiger partial charge in [-0.05, 0) is 35.7 Å². The van der Waals surface area contributed by atoms with E-state index in [4.69, 9.17) is 39.9 Å². The number of hydrogen-bond donors (Lipinski definition) is 0. The Morgan fingerprint density at radius 3 is 2.19 bits per heavy atom. The van der Waals surface area contributed by atoms with Crippen molar-refractivity contribution in [2.24, 2.45) is 0 Å². The fourth-order valence-corrected chi connectivity index (χ4v) is 4.10. The number of benzene rings is 3. The SMILES string of the molecule is [B]C([B])([B])C(C)(c1ccc(-c2ccccc2)cc1)n1ncc2c(Cl)ccc(C(=O)OC)c21. The van der Waals surface area contributed by atoms with Gasteiger partial charge in [0.25, 0.3) is 0 Å². The van der Waals surface area contributed by atoms with Gasteiger partial charge in [-0.2, -0.15) is 5.10 Å². The van der Waals surface area contributed by atoms with Crippen molar-refractivity contribution >= 4 is 52.0 Å². The Balaban J connectivity index is 1.95. The standard InChI is InChI=1S/C24H18B3ClN2O2/c1-23(24(25,26)27,17-10-8-16(9-11-17)15-6-4-3-5-7-15)30-21-18(22(31)32-2)12-13-20(28)19(21)14-29-30/h3-14H,1-2H3. The molecule has 1 heterocycles. The van der Waals surface area contributed by atoms with Crippen LogP contribution in [0.4, 0.5) is 0 Å². The van der Waals surface area contributed by atoms with Crippen molar-refractivity contribution < 1.29 is 9.53 Å². The predicted octanol–water partition coefficient (Wildman–Crippen LogP) is 4.49. The highest BCUT2D eigenvalue weighted by molar-refractivity contribution is 6.60. The minimum atomic E-state index is -1.74. The smallest absolute Gasteiger partial charge is 0.340 e. The van der Waals surface area contributed by atoms with Crippen LogP contribution in [-0.2, 0) is 10.3 Å². The molecule has 4 rings (SSSR count). The summed E-state index contributed by atoms with van der Waals surface area (Å²) >= 11 is 6.39. The molecule has 3 aromatic carbocycles. The highest BCUT2D eigenvalue weighted by Crippen LogP contribution is 2.44. The summed E-state index contributed by atoms with van der Waals surface area (Å²) in [7, 11) is 20.3. The first-order chi connectivity index (χ1) is 15.2. The van der Waals surface area contributed by atoms with E-state index in [2.05, 4.69) is 5.10 Å². The molecule has 152 valence electrons. The van der Waals surface area contributed by atoms with Crippen molar-refractivity contribution in [1.82, 2.24) is 9.78 Å². The number of ether oxygens (including phenoxy) is 1. The quantitative estimate of drug-likeness (QED) is 0.344. The van der Waals surface area contributed by atoms with Gasteiger partial charge in [0, 0.05) is 5.39 Å². The molecule has 0 saturated carbocycles. The summed E-state index contributed by atoms with van der Waals surface area (Å²) in [5.74, 6) is -0.535. The zero-order chi connectivity index (χ0) is 23.1. The van der Waals surface area contributed by atoms with Gasteiger partial charge < -0.3 is 4.74 Å². The van der Waals surface area contributed by atoms with Gasteiger partial charge in [0.15, 0.2) is 0 Å². The van der Waals surface area contributed by atoms with Crippen LogP contribution in [0, 0.1) is 0 Å². The second-order valence-electron chi connectivity index (χ2n) is 7.85. The zero-order valence-electron chi connectivity index (χ0n) is 17.7. The number of aromatic nitrogens is 2. The second kappa shape index (κ2) is 8.21. The van der Waals surface area contributed by atoms with Crippen LogP contribution < -0.4 is 0 Å². The van der Waals surface area contributed by atoms with Crippen molar-refractivity contribution in [2.45, 2.75) is 17.6 Å². The number of rotatable bonds is 5. The summed E-state index contributed by atoms with van der Waals surface area (Å²) in [6, 6.07) is 20.9. The van der Waals surface area contributed by atoms with E-state index >= 15 is 0 Å². The maximum absolute atomic E-state index is 12.5. The average molecular weight is 434 g/mol. The molecule has 0 spiro atoms. The lowest BCUT2D eigenvalue weighted by atomic mass is 9.34. The largest absolute Gasteiger partial charge is 0.465 e. The summed E-state index contributed by atoms with van der Waals surface area (Å²) in [6.07, 6.45) is 1.56. The molecule has 0 N–H and O–H groups in total. The predicted molar refractivity (Wildman–Crippen MR) is 131 cm³/mol. The zero-order valence-corrected chi connectivity index (χ0v) is 18.5. The van der Waals surface area contributed by atoms with Gasteiger partial charge in [-0.1, -0.05) is 66.2 Å². The van der Waals surface area contributed by atoms with Gasteiger partial charge in [-0.25, -0.2) is 4.79 Å². The number of esters is 1. The van der Waals surface area contributed by atoms with Gasteiger partial charge >= 0.3 is 5.97 Å². The molecule has 0 bridgehead atoms. The number of carbonyl (C=O) groups is 1. The summed E-state index contributed by atoms with van der Waals surface area (Å²) in [5, 5.41) is 3.76. The molecule has 1 unspecified atom stereocenters. The Morgan fingerprint density at radius 1 is 0.969 bits per heavy atom. The van der Waals surface area contributed by atoms with Crippen molar-refractivity contribution in [3.8, 4) is 11.1 Å². The highest BCUT2D eigenvalue weighted by Gasteiger charge is 2.42. The van der Waals surface area contributed by atoms with E-state index < -0.39 is 16.6 Å². The summed E-state index contributed by atoms with van der Waals surface area (Å²) in [4.78, 5) is 12.5. The van der Waals surface area contributed by atoms with Gasteiger partial charge in [-0.3, -0.25) is 4.68 Å². The Kier molecular flexibility index (Phi) is 5.72. The van der Waals surface area contributed by atoms with E-state index in [9.17, 15) is 4.79 Å². The van der Waals surface area contributed by atoms with Crippen LogP contribution in [0.25, 0.3) is 22.0 Å². The van der Waals surface area contributed by atoms with Gasteiger partial charge in [0.1, 0.15) is 0 Å². The molecule has 8 heteroatoms. The fourth-order valence-electron chi connectivity index (χ4n) is 3.89. The number of carbonyl (C=O) groups excluding carboxylic acids is 1. The van der Waals surface area contributed by atoms with E-state index in [0.717, 1.165) is 11.1 Å². The number of nitrogens with zero attached hydrogens (tertiary/aromatic N) is 2. The van der Waals surface area contributed by atoms with Crippen LogP contribution in [0.3, 0.4) is 0 Å². The van der Waals surface area contributed by atoms with E-state index in [1.54, 1.807) is 29.9 Å². The molecule has 32 heavy (non-hydrogen) atoms. The molecular formula is C24H18B3ClN2O2. The minimum Gasteiger partial charge on any atom is -0.465 e. The molecular weight excluding hydrogens is 416 g/mol. The maximum atomic E-state index is 12.5. The first-order valence-corrected chi connectivity index (χ1v) is 10.3. The van der Waals surface area contributed by atoms with Crippen molar-refractivity contribution in [3.05, 3.63) is 89.1 Å². The molecule has 0 amide bonds. The lowest BCUT2D eigenvalue weighted by Crippen LogP contribution is -2.46. The fraction of sp³-hybridized carbons (Fsp3) is 0.167. The Bertz CT molecular complexity index is 1280. The summed E-state index contributed by atoms with van der Waals surface area (Å²) in [6.45, 7) is 1.78.